The Morgan fingerprint density at radius 3 is 2.26 bits per heavy atom. The van der Waals surface area contributed by atoms with Gasteiger partial charge in [0.1, 0.15) is 5.60 Å². The van der Waals surface area contributed by atoms with E-state index in [1.807, 2.05) is 0 Å². The largest absolute Gasteiger partial charge is 0.443 e. The van der Waals surface area contributed by atoms with Gasteiger partial charge in [-0.05, 0) is 57.8 Å². The van der Waals surface area contributed by atoms with Crippen LogP contribution in [-0.4, -0.2) is 28.7 Å². The molecule has 2 aliphatic carbocycles. The number of ether oxygens (including phenoxy) is 1. The average Bonchev–Trinajstić information content (AvgIpc) is 3.04. The molecule has 23 heavy (non-hydrogen) atoms. The van der Waals surface area contributed by atoms with Crippen LogP contribution in [0.2, 0.25) is 0 Å². The van der Waals surface area contributed by atoms with Gasteiger partial charge in [-0.1, -0.05) is 46.5 Å². The maximum absolute atomic E-state index is 13.1. The molecule has 0 aromatic heterocycles. The summed E-state index contributed by atoms with van der Waals surface area (Å²) in [6.07, 6.45) is 14.9. The molecule has 3 heteroatoms. The van der Waals surface area contributed by atoms with Gasteiger partial charge in [-0.2, -0.15) is 0 Å². The van der Waals surface area contributed by atoms with Crippen molar-refractivity contribution in [3.63, 3.8) is 0 Å². The lowest BCUT2D eigenvalue weighted by Gasteiger charge is -2.41. The first-order valence-corrected chi connectivity index (χ1v) is 10.2. The molecule has 1 unspecified atom stereocenters. The SMILES string of the molecule is CCCC(CC)N(C(=O)OC1(CC)CCCC1)C1CCCCC1. The predicted molar refractivity (Wildman–Crippen MR) is 95.7 cm³/mol. The van der Waals surface area contributed by atoms with Crippen molar-refractivity contribution in [2.45, 2.75) is 122 Å². The topological polar surface area (TPSA) is 29.5 Å². The molecule has 0 saturated heterocycles. The van der Waals surface area contributed by atoms with Crippen molar-refractivity contribution in [3.8, 4) is 0 Å². The summed E-state index contributed by atoms with van der Waals surface area (Å²) in [5.41, 5.74) is -0.172. The van der Waals surface area contributed by atoms with Gasteiger partial charge in [-0.25, -0.2) is 4.79 Å². The molecule has 2 saturated carbocycles. The maximum Gasteiger partial charge on any atom is 0.410 e. The van der Waals surface area contributed by atoms with Gasteiger partial charge in [0.25, 0.3) is 0 Å². The van der Waals surface area contributed by atoms with E-state index in [1.54, 1.807) is 0 Å². The molecule has 0 spiro atoms. The number of hydrogen-bond acceptors (Lipinski definition) is 2. The lowest BCUT2D eigenvalue weighted by Crippen LogP contribution is -2.50. The zero-order valence-electron chi connectivity index (χ0n) is 15.6. The molecule has 0 N–H and O–H groups in total. The van der Waals surface area contributed by atoms with Gasteiger partial charge < -0.3 is 9.64 Å². The van der Waals surface area contributed by atoms with Crippen LogP contribution in [0.3, 0.4) is 0 Å². The van der Waals surface area contributed by atoms with Crippen molar-refractivity contribution >= 4 is 6.09 Å². The first-order chi connectivity index (χ1) is 11.2. The van der Waals surface area contributed by atoms with Crippen LogP contribution in [0, 0.1) is 0 Å². The number of hydrogen-bond donors (Lipinski definition) is 0. The van der Waals surface area contributed by atoms with Crippen LogP contribution in [0.5, 0.6) is 0 Å². The highest BCUT2D eigenvalue weighted by Crippen LogP contribution is 2.37. The Hall–Kier alpha value is -0.730. The Labute approximate surface area is 143 Å². The van der Waals surface area contributed by atoms with Gasteiger partial charge in [0, 0.05) is 12.1 Å². The molecule has 0 radical (unpaired) electrons. The molecule has 2 rings (SSSR count). The Morgan fingerprint density at radius 2 is 1.74 bits per heavy atom. The highest BCUT2D eigenvalue weighted by atomic mass is 16.6. The summed E-state index contributed by atoms with van der Waals surface area (Å²) in [4.78, 5) is 15.3. The van der Waals surface area contributed by atoms with Crippen LogP contribution in [0.15, 0.2) is 0 Å². The first-order valence-electron chi connectivity index (χ1n) is 10.2. The van der Waals surface area contributed by atoms with Gasteiger partial charge in [-0.15, -0.1) is 0 Å². The zero-order valence-corrected chi connectivity index (χ0v) is 15.6. The minimum atomic E-state index is -0.172. The minimum Gasteiger partial charge on any atom is -0.443 e. The second kappa shape index (κ2) is 8.94. The molecule has 3 nitrogen and oxygen atoms in total. The highest BCUT2D eigenvalue weighted by molar-refractivity contribution is 5.69. The summed E-state index contributed by atoms with van der Waals surface area (Å²) >= 11 is 0. The van der Waals surface area contributed by atoms with Crippen LogP contribution < -0.4 is 0 Å². The monoisotopic (exact) mass is 323 g/mol. The summed E-state index contributed by atoms with van der Waals surface area (Å²) < 4.78 is 6.18. The Balaban J connectivity index is 2.12. The second-order valence-corrected chi connectivity index (χ2v) is 7.66. The second-order valence-electron chi connectivity index (χ2n) is 7.66. The fourth-order valence-corrected chi connectivity index (χ4v) is 4.61. The van der Waals surface area contributed by atoms with Crippen LogP contribution in [0.4, 0.5) is 4.79 Å². The number of carbonyl (C=O) groups is 1. The quantitative estimate of drug-likeness (QED) is 0.570. The molecule has 2 fully saturated rings. The molecule has 2 aliphatic rings. The summed E-state index contributed by atoms with van der Waals surface area (Å²) in [5.74, 6) is 0. The highest BCUT2D eigenvalue weighted by Gasteiger charge is 2.40. The van der Waals surface area contributed by atoms with Crippen molar-refractivity contribution < 1.29 is 9.53 Å². The zero-order chi connectivity index (χ0) is 16.7. The third-order valence-electron chi connectivity index (χ3n) is 6.13. The molecule has 0 aromatic rings. The van der Waals surface area contributed by atoms with Crippen molar-refractivity contribution in [1.29, 1.82) is 0 Å². The van der Waals surface area contributed by atoms with E-state index in [9.17, 15) is 4.79 Å². The number of nitrogens with zero attached hydrogens (tertiary/aromatic N) is 1. The Morgan fingerprint density at radius 1 is 1.09 bits per heavy atom. The lowest BCUT2D eigenvalue weighted by molar-refractivity contribution is -0.0276. The summed E-state index contributed by atoms with van der Waals surface area (Å²) in [7, 11) is 0. The van der Waals surface area contributed by atoms with E-state index in [-0.39, 0.29) is 11.7 Å². The molecule has 0 heterocycles. The van der Waals surface area contributed by atoms with Crippen molar-refractivity contribution in [2.24, 2.45) is 0 Å². The van der Waals surface area contributed by atoms with Gasteiger partial charge in [0.15, 0.2) is 0 Å². The number of carbonyl (C=O) groups excluding carboxylic acids is 1. The van der Waals surface area contributed by atoms with E-state index in [1.165, 1.54) is 32.1 Å². The van der Waals surface area contributed by atoms with Crippen molar-refractivity contribution in [3.05, 3.63) is 0 Å². The predicted octanol–water partition coefficient (Wildman–Crippen LogP) is 6.06. The van der Waals surface area contributed by atoms with Crippen LogP contribution in [-0.2, 0) is 4.74 Å². The van der Waals surface area contributed by atoms with Crippen LogP contribution >= 0.6 is 0 Å². The van der Waals surface area contributed by atoms with Gasteiger partial charge >= 0.3 is 6.09 Å². The normalized spacial score (nSPS) is 22.7. The van der Waals surface area contributed by atoms with Crippen molar-refractivity contribution in [2.75, 3.05) is 0 Å². The van der Waals surface area contributed by atoms with E-state index in [0.29, 0.717) is 12.1 Å². The Bertz CT molecular complexity index is 352. The molecule has 134 valence electrons. The van der Waals surface area contributed by atoms with Crippen LogP contribution in [0.25, 0.3) is 0 Å². The number of amides is 1. The summed E-state index contributed by atoms with van der Waals surface area (Å²) in [6, 6.07) is 0.758. The van der Waals surface area contributed by atoms with E-state index in [2.05, 4.69) is 25.7 Å². The van der Waals surface area contributed by atoms with E-state index < -0.39 is 0 Å². The van der Waals surface area contributed by atoms with Gasteiger partial charge in [0.2, 0.25) is 0 Å². The molecule has 0 bridgehead atoms. The first kappa shape index (κ1) is 18.6. The fraction of sp³-hybridized carbons (Fsp3) is 0.950. The fourth-order valence-electron chi connectivity index (χ4n) is 4.61. The maximum atomic E-state index is 13.1. The van der Waals surface area contributed by atoms with E-state index in [0.717, 1.165) is 51.4 Å². The third-order valence-corrected chi connectivity index (χ3v) is 6.13. The molecule has 1 amide bonds. The summed E-state index contributed by atoms with van der Waals surface area (Å²) in [6.45, 7) is 6.61. The third kappa shape index (κ3) is 4.64. The molecule has 0 aliphatic heterocycles. The molecule has 0 aromatic carbocycles. The molecule has 1 atom stereocenters. The Kier molecular flexibility index (Phi) is 7.23. The smallest absolute Gasteiger partial charge is 0.410 e. The minimum absolute atomic E-state index is 0.0130. The van der Waals surface area contributed by atoms with Gasteiger partial charge in [-0.3, -0.25) is 0 Å². The van der Waals surface area contributed by atoms with E-state index in [4.69, 9.17) is 4.74 Å². The number of rotatable bonds is 7. The molecular weight excluding hydrogens is 286 g/mol. The van der Waals surface area contributed by atoms with Gasteiger partial charge in [0.05, 0.1) is 0 Å². The van der Waals surface area contributed by atoms with Crippen molar-refractivity contribution in [1.82, 2.24) is 4.90 Å². The standard InChI is InChI=1S/C20H37NO2/c1-4-12-17(5-2)21(18-13-8-7-9-14-18)19(22)23-20(6-3)15-10-11-16-20/h17-18H,4-16H2,1-3H3. The van der Waals surface area contributed by atoms with E-state index >= 15 is 0 Å². The lowest BCUT2D eigenvalue weighted by atomic mass is 9.92. The summed E-state index contributed by atoms with van der Waals surface area (Å²) in [5, 5.41) is 0. The molecular formula is C20H37NO2. The average molecular weight is 324 g/mol. The van der Waals surface area contributed by atoms with Crippen LogP contribution in [0.1, 0.15) is 104 Å².